The Kier molecular flexibility index (Phi) is 3.49. The second kappa shape index (κ2) is 5.19. The topological polar surface area (TPSA) is 43.9 Å². The lowest BCUT2D eigenvalue weighted by molar-refractivity contribution is 0.391. The number of aromatic nitrogens is 3. The van der Waals surface area contributed by atoms with Gasteiger partial charge in [0, 0.05) is 5.56 Å². The molecule has 0 saturated heterocycles. The third-order valence-corrected chi connectivity index (χ3v) is 4.17. The van der Waals surface area contributed by atoms with E-state index in [0.717, 1.165) is 33.9 Å². The molecule has 0 aliphatic heterocycles. The summed E-state index contributed by atoms with van der Waals surface area (Å²) >= 11 is 6.11. The maximum absolute atomic E-state index is 6.11. The van der Waals surface area contributed by atoms with Crippen molar-refractivity contribution in [3.8, 4) is 0 Å². The predicted octanol–water partition coefficient (Wildman–Crippen LogP) is 4.30. The molecule has 110 valence electrons. The Morgan fingerprint density at radius 2 is 2.05 bits per heavy atom. The third-order valence-electron chi connectivity index (χ3n) is 3.93. The van der Waals surface area contributed by atoms with Gasteiger partial charge in [0.05, 0.1) is 28.6 Å². The molecule has 3 rings (SSSR count). The second-order valence-corrected chi connectivity index (χ2v) is 5.70. The number of fused-ring (bicyclic) bond motifs is 1. The van der Waals surface area contributed by atoms with E-state index in [1.54, 1.807) is 0 Å². The van der Waals surface area contributed by atoms with E-state index in [4.69, 9.17) is 16.1 Å². The van der Waals surface area contributed by atoms with Crippen molar-refractivity contribution >= 4 is 22.6 Å². The van der Waals surface area contributed by atoms with Crippen LogP contribution in [-0.4, -0.2) is 14.7 Å². The lowest BCUT2D eigenvalue weighted by Gasteiger charge is -2.17. The van der Waals surface area contributed by atoms with E-state index in [1.807, 2.05) is 19.9 Å². The van der Waals surface area contributed by atoms with Crippen LogP contribution in [0.15, 0.2) is 22.7 Å². The van der Waals surface area contributed by atoms with Gasteiger partial charge < -0.3 is 9.09 Å². The SMILES string of the molecule is Cc1ccc2nc(CCl)n(C(C)c3c(C)noc3C)c2c1. The van der Waals surface area contributed by atoms with Crippen molar-refractivity contribution in [3.05, 3.63) is 46.6 Å². The lowest BCUT2D eigenvalue weighted by atomic mass is 10.1. The van der Waals surface area contributed by atoms with E-state index in [9.17, 15) is 0 Å². The molecule has 0 N–H and O–H groups in total. The second-order valence-electron chi connectivity index (χ2n) is 5.44. The van der Waals surface area contributed by atoms with Gasteiger partial charge in [0.15, 0.2) is 0 Å². The summed E-state index contributed by atoms with van der Waals surface area (Å²) in [4.78, 5) is 4.64. The number of alkyl halides is 1. The van der Waals surface area contributed by atoms with Gasteiger partial charge in [0.2, 0.25) is 0 Å². The van der Waals surface area contributed by atoms with Crippen LogP contribution in [0.3, 0.4) is 0 Å². The van der Waals surface area contributed by atoms with Crippen LogP contribution in [0.1, 0.15) is 41.4 Å². The Balaban J connectivity index is 2.25. The molecular formula is C16H18ClN3O. The Labute approximate surface area is 128 Å². The minimum Gasteiger partial charge on any atom is -0.361 e. The van der Waals surface area contributed by atoms with Gasteiger partial charge in [-0.1, -0.05) is 11.2 Å². The summed E-state index contributed by atoms with van der Waals surface area (Å²) in [6.07, 6.45) is 0. The summed E-state index contributed by atoms with van der Waals surface area (Å²) in [6.45, 7) is 8.12. The molecule has 0 bridgehead atoms. The first-order valence-corrected chi connectivity index (χ1v) is 7.52. The van der Waals surface area contributed by atoms with Crippen molar-refractivity contribution in [1.29, 1.82) is 0 Å². The minimum atomic E-state index is 0.0804. The molecule has 2 heterocycles. The van der Waals surface area contributed by atoms with E-state index in [0.29, 0.717) is 5.88 Å². The average molecular weight is 304 g/mol. The van der Waals surface area contributed by atoms with E-state index >= 15 is 0 Å². The van der Waals surface area contributed by atoms with Gasteiger partial charge in [0.25, 0.3) is 0 Å². The fraction of sp³-hybridized carbons (Fsp3) is 0.375. The Hall–Kier alpha value is -1.81. The average Bonchev–Trinajstić information content (AvgIpc) is 2.98. The fourth-order valence-corrected chi connectivity index (χ4v) is 3.18. The number of hydrogen-bond acceptors (Lipinski definition) is 3. The molecule has 0 saturated carbocycles. The van der Waals surface area contributed by atoms with E-state index in [1.165, 1.54) is 5.56 Å². The standard InChI is InChI=1S/C16H18ClN3O/c1-9-5-6-13-14(7-9)20(15(8-17)18-13)11(3)16-10(2)19-21-12(16)4/h5-7,11H,8H2,1-4H3. The minimum absolute atomic E-state index is 0.0804. The molecule has 3 aromatic rings. The summed E-state index contributed by atoms with van der Waals surface area (Å²) in [5.74, 6) is 2.08. The molecule has 5 heteroatoms. The molecule has 1 atom stereocenters. The van der Waals surface area contributed by atoms with E-state index in [2.05, 4.69) is 40.7 Å². The van der Waals surface area contributed by atoms with Crippen LogP contribution in [0.2, 0.25) is 0 Å². The quantitative estimate of drug-likeness (QED) is 0.678. The maximum atomic E-state index is 6.11. The number of imidazole rings is 1. The van der Waals surface area contributed by atoms with Gasteiger partial charge in [-0.15, -0.1) is 11.6 Å². The molecule has 0 radical (unpaired) electrons. The van der Waals surface area contributed by atoms with Crippen molar-refractivity contribution in [1.82, 2.24) is 14.7 Å². The molecule has 0 aliphatic rings. The number of benzene rings is 1. The number of halogens is 1. The zero-order valence-electron chi connectivity index (χ0n) is 12.6. The van der Waals surface area contributed by atoms with Gasteiger partial charge in [-0.25, -0.2) is 4.98 Å². The van der Waals surface area contributed by atoms with Crippen LogP contribution in [0, 0.1) is 20.8 Å². The molecule has 1 aromatic carbocycles. The first-order chi connectivity index (χ1) is 10.0. The molecule has 2 aromatic heterocycles. The fourth-order valence-electron chi connectivity index (χ4n) is 2.99. The van der Waals surface area contributed by atoms with Gasteiger partial charge in [-0.05, 0) is 45.4 Å². The highest BCUT2D eigenvalue weighted by molar-refractivity contribution is 6.16. The maximum Gasteiger partial charge on any atom is 0.139 e. The van der Waals surface area contributed by atoms with Crippen LogP contribution in [0.5, 0.6) is 0 Å². The van der Waals surface area contributed by atoms with Gasteiger partial charge in [0.1, 0.15) is 11.6 Å². The summed E-state index contributed by atoms with van der Waals surface area (Å²) in [5, 5.41) is 4.06. The Morgan fingerprint density at radius 1 is 1.29 bits per heavy atom. The molecule has 0 fully saturated rings. The molecule has 0 spiro atoms. The largest absolute Gasteiger partial charge is 0.361 e. The van der Waals surface area contributed by atoms with Gasteiger partial charge in [-0.2, -0.15) is 0 Å². The summed E-state index contributed by atoms with van der Waals surface area (Å²) < 4.78 is 7.49. The Bertz CT molecular complexity index is 784. The normalized spacial score (nSPS) is 13.0. The lowest BCUT2D eigenvalue weighted by Crippen LogP contribution is -2.11. The first kappa shape index (κ1) is 14.1. The van der Waals surface area contributed by atoms with Crippen LogP contribution < -0.4 is 0 Å². The van der Waals surface area contributed by atoms with E-state index in [-0.39, 0.29) is 6.04 Å². The highest BCUT2D eigenvalue weighted by Gasteiger charge is 2.22. The number of nitrogens with zero attached hydrogens (tertiary/aromatic N) is 3. The number of aryl methyl sites for hydroxylation is 3. The van der Waals surface area contributed by atoms with Crippen LogP contribution in [0.4, 0.5) is 0 Å². The van der Waals surface area contributed by atoms with Crippen molar-refractivity contribution in [2.45, 2.75) is 39.6 Å². The van der Waals surface area contributed by atoms with Crippen molar-refractivity contribution < 1.29 is 4.52 Å². The summed E-state index contributed by atoms with van der Waals surface area (Å²) in [5.41, 5.74) is 5.28. The van der Waals surface area contributed by atoms with Crippen molar-refractivity contribution in [3.63, 3.8) is 0 Å². The number of rotatable bonds is 3. The predicted molar refractivity (Wildman–Crippen MR) is 83.8 cm³/mol. The molecule has 21 heavy (non-hydrogen) atoms. The zero-order valence-corrected chi connectivity index (χ0v) is 13.4. The smallest absolute Gasteiger partial charge is 0.139 e. The highest BCUT2D eigenvalue weighted by atomic mass is 35.5. The van der Waals surface area contributed by atoms with Crippen molar-refractivity contribution in [2.24, 2.45) is 0 Å². The van der Waals surface area contributed by atoms with Gasteiger partial charge in [-0.3, -0.25) is 0 Å². The monoisotopic (exact) mass is 303 g/mol. The number of hydrogen-bond donors (Lipinski definition) is 0. The van der Waals surface area contributed by atoms with Gasteiger partial charge >= 0.3 is 0 Å². The first-order valence-electron chi connectivity index (χ1n) is 6.99. The molecule has 4 nitrogen and oxygen atoms in total. The van der Waals surface area contributed by atoms with Crippen LogP contribution >= 0.6 is 11.6 Å². The summed E-state index contributed by atoms with van der Waals surface area (Å²) in [7, 11) is 0. The highest BCUT2D eigenvalue weighted by Crippen LogP contribution is 2.30. The van der Waals surface area contributed by atoms with Crippen LogP contribution in [0.25, 0.3) is 11.0 Å². The molecular weight excluding hydrogens is 286 g/mol. The molecule has 0 aliphatic carbocycles. The Morgan fingerprint density at radius 3 is 2.67 bits per heavy atom. The molecule has 0 amide bonds. The zero-order chi connectivity index (χ0) is 15.1. The van der Waals surface area contributed by atoms with E-state index < -0.39 is 0 Å². The third kappa shape index (κ3) is 2.23. The molecule has 1 unspecified atom stereocenters. The summed E-state index contributed by atoms with van der Waals surface area (Å²) in [6, 6.07) is 6.33. The van der Waals surface area contributed by atoms with Crippen molar-refractivity contribution in [2.75, 3.05) is 0 Å². The van der Waals surface area contributed by atoms with Crippen LogP contribution in [-0.2, 0) is 5.88 Å².